The Morgan fingerprint density at radius 2 is 1.79 bits per heavy atom. The fourth-order valence-electron chi connectivity index (χ4n) is 2.57. The molecule has 0 saturated heterocycles. The van der Waals surface area contributed by atoms with Crippen LogP contribution in [0.2, 0.25) is 0 Å². The molecule has 0 aliphatic carbocycles. The van der Waals surface area contributed by atoms with Crippen molar-refractivity contribution in [3.05, 3.63) is 69.8 Å². The number of nitrogens with one attached hydrogen (secondary N) is 1. The first-order valence-electron chi connectivity index (χ1n) is 6.59. The van der Waals surface area contributed by atoms with E-state index >= 15 is 0 Å². The monoisotopic (exact) mass is 251 g/mol. The highest BCUT2D eigenvalue weighted by Gasteiger charge is 2.16. The van der Waals surface area contributed by atoms with Crippen molar-refractivity contribution >= 4 is 5.78 Å². The molecular formula is C17H17NO. The largest absolute Gasteiger partial charge is 0.309 e. The van der Waals surface area contributed by atoms with E-state index in [2.05, 4.69) is 11.4 Å². The number of rotatable bonds is 2. The van der Waals surface area contributed by atoms with E-state index < -0.39 is 0 Å². The third-order valence-corrected chi connectivity index (χ3v) is 3.74. The Hall–Kier alpha value is -1.93. The lowest BCUT2D eigenvalue weighted by Crippen LogP contribution is -2.05. The van der Waals surface area contributed by atoms with Crippen LogP contribution in [-0.4, -0.2) is 5.78 Å². The number of hydrogen-bond donors (Lipinski definition) is 1. The summed E-state index contributed by atoms with van der Waals surface area (Å²) in [6.07, 6.45) is 0. The molecule has 0 saturated carbocycles. The van der Waals surface area contributed by atoms with Crippen molar-refractivity contribution in [3.63, 3.8) is 0 Å². The molecule has 0 radical (unpaired) electrons. The fraction of sp³-hybridized carbons (Fsp3) is 0.235. The van der Waals surface area contributed by atoms with Gasteiger partial charge in [0.2, 0.25) is 0 Å². The highest BCUT2D eigenvalue weighted by atomic mass is 16.1. The summed E-state index contributed by atoms with van der Waals surface area (Å²) < 4.78 is 0. The van der Waals surface area contributed by atoms with Crippen LogP contribution in [0.5, 0.6) is 0 Å². The van der Waals surface area contributed by atoms with Crippen molar-refractivity contribution in [2.45, 2.75) is 26.9 Å². The maximum absolute atomic E-state index is 12.6. The van der Waals surface area contributed by atoms with Crippen LogP contribution >= 0.6 is 0 Å². The zero-order chi connectivity index (χ0) is 13.4. The Bertz CT molecular complexity index is 658. The number of carbonyl (C=O) groups excluding carboxylic acids is 1. The summed E-state index contributed by atoms with van der Waals surface area (Å²) in [5.41, 5.74) is 6.31. The molecule has 2 heteroatoms. The molecule has 0 aromatic heterocycles. The standard InChI is InChI=1S/C17H17NO/c1-11-3-4-12(2)16(7-11)17(19)13-5-6-14-9-18-10-15(14)8-13/h3-8,18H,9-10H2,1-2H3. The first-order valence-corrected chi connectivity index (χ1v) is 6.59. The van der Waals surface area contributed by atoms with E-state index in [9.17, 15) is 4.79 Å². The van der Waals surface area contributed by atoms with E-state index in [1.807, 2.05) is 44.2 Å². The lowest BCUT2D eigenvalue weighted by atomic mass is 9.95. The first-order chi connectivity index (χ1) is 9.15. The van der Waals surface area contributed by atoms with E-state index in [1.165, 1.54) is 11.1 Å². The Kier molecular flexibility index (Phi) is 2.96. The quantitative estimate of drug-likeness (QED) is 0.831. The molecule has 1 aliphatic rings. The van der Waals surface area contributed by atoms with Gasteiger partial charge in [0.25, 0.3) is 0 Å². The summed E-state index contributed by atoms with van der Waals surface area (Å²) in [6.45, 7) is 5.78. The summed E-state index contributed by atoms with van der Waals surface area (Å²) in [5.74, 6) is 0.121. The van der Waals surface area contributed by atoms with Gasteiger partial charge in [0.15, 0.2) is 5.78 Å². The number of hydrogen-bond acceptors (Lipinski definition) is 2. The van der Waals surface area contributed by atoms with Crippen LogP contribution in [0.4, 0.5) is 0 Å². The molecular weight excluding hydrogens is 234 g/mol. The summed E-state index contributed by atoms with van der Waals surface area (Å²) >= 11 is 0. The molecule has 2 aromatic rings. The molecule has 0 atom stereocenters. The van der Waals surface area contributed by atoms with Crippen LogP contribution in [-0.2, 0) is 13.1 Å². The second-order valence-corrected chi connectivity index (χ2v) is 5.23. The third-order valence-electron chi connectivity index (χ3n) is 3.74. The molecule has 1 N–H and O–H groups in total. The van der Waals surface area contributed by atoms with Crippen LogP contribution in [0.25, 0.3) is 0 Å². The zero-order valence-corrected chi connectivity index (χ0v) is 11.3. The smallest absolute Gasteiger partial charge is 0.193 e. The molecule has 19 heavy (non-hydrogen) atoms. The lowest BCUT2D eigenvalue weighted by Gasteiger charge is -2.08. The molecule has 0 amide bonds. The van der Waals surface area contributed by atoms with Gasteiger partial charge in [0, 0.05) is 24.2 Å². The SMILES string of the molecule is Cc1ccc(C)c(C(=O)c2ccc3c(c2)CNC3)c1. The van der Waals surface area contributed by atoms with Crippen LogP contribution in [0.15, 0.2) is 36.4 Å². The van der Waals surface area contributed by atoms with Crippen LogP contribution in [0.1, 0.15) is 38.2 Å². The van der Waals surface area contributed by atoms with Crippen molar-refractivity contribution in [1.29, 1.82) is 0 Å². The third kappa shape index (κ3) is 2.20. The predicted molar refractivity (Wildman–Crippen MR) is 76.3 cm³/mol. The van der Waals surface area contributed by atoms with Gasteiger partial charge in [-0.15, -0.1) is 0 Å². The summed E-state index contributed by atoms with van der Waals surface area (Å²) in [7, 11) is 0. The normalized spacial score (nSPS) is 13.4. The molecule has 2 aromatic carbocycles. The highest BCUT2D eigenvalue weighted by molar-refractivity contribution is 6.10. The summed E-state index contributed by atoms with van der Waals surface area (Å²) in [4.78, 5) is 12.6. The highest BCUT2D eigenvalue weighted by Crippen LogP contribution is 2.21. The van der Waals surface area contributed by atoms with E-state index in [-0.39, 0.29) is 5.78 Å². The average molecular weight is 251 g/mol. The van der Waals surface area contributed by atoms with Crippen LogP contribution in [0.3, 0.4) is 0 Å². The second kappa shape index (κ2) is 4.63. The molecule has 3 rings (SSSR count). The van der Waals surface area contributed by atoms with Crippen molar-refractivity contribution in [3.8, 4) is 0 Å². The topological polar surface area (TPSA) is 29.1 Å². The number of ketones is 1. The summed E-state index contributed by atoms with van der Waals surface area (Å²) in [5, 5.41) is 3.30. The van der Waals surface area contributed by atoms with Crippen molar-refractivity contribution in [2.75, 3.05) is 0 Å². The van der Waals surface area contributed by atoms with Gasteiger partial charge in [-0.1, -0.05) is 29.8 Å². The molecule has 0 bridgehead atoms. The molecule has 0 spiro atoms. The fourth-order valence-corrected chi connectivity index (χ4v) is 2.57. The molecule has 2 nitrogen and oxygen atoms in total. The number of aryl methyl sites for hydroxylation is 2. The average Bonchev–Trinajstić information content (AvgIpc) is 2.88. The number of carbonyl (C=O) groups is 1. The summed E-state index contributed by atoms with van der Waals surface area (Å²) in [6, 6.07) is 12.1. The Balaban J connectivity index is 2.02. The maximum Gasteiger partial charge on any atom is 0.193 e. The van der Waals surface area contributed by atoms with Gasteiger partial charge in [0.05, 0.1) is 0 Å². The van der Waals surface area contributed by atoms with E-state index in [4.69, 9.17) is 0 Å². The number of benzene rings is 2. The van der Waals surface area contributed by atoms with Gasteiger partial charge in [-0.2, -0.15) is 0 Å². The number of fused-ring (bicyclic) bond motifs is 1. The Morgan fingerprint density at radius 3 is 2.63 bits per heavy atom. The molecule has 0 unspecified atom stereocenters. The van der Waals surface area contributed by atoms with Crippen molar-refractivity contribution in [2.24, 2.45) is 0 Å². The van der Waals surface area contributed by atoms with Gasteiger partial charge in [0.1, 0.15) is 0 Å². The van der Waals surface area contributed by atoms with Gasteiger partial charge in [-0.05, 0) is 42.7 Å². The second-order valence-electron chi connectivity index (χ2n) is 5.23. The zero-order valence-electron chi connectivity index (χ0n) is 11.3. The maximum atomic E-state index is 12.6. The minimum Gasteiger partial charge on any atom is -0.309 e. The molecule has 1 aliphatic heterocycles. The van der Waals surface area contributed by atoms with E-state index in [0.717, 1.165) is 35.3 Å². The Morgan fingerprint density at radius 1 is 1.00 bits per heavy atom. The van der Waals surface area contributed by atoms with Crippen LogP contribution < -0.4 is 5.32 Å². The molecule has 1 heterocycles. The molecule has 96 valence electrons. The van der Waals surface area contributed by atoms with Gasteiger partial charge >= 0.3 is 0 Å². The van der Waals surface area contributed by atoms with Crippen LogP contribution in [0, 0.1) is 13.8 Å². The van der Waals surface area contributed by atoms with E-state index in [1.54, 1.807) is 0 Å². The minimum atomic E-state index is 0.121. The first kappa shape index (κ1) is 12.1. The molecule has 0 fully saturated rings. The van der Waals surface area contributed by atoms with Gasteiger partial charge in [-0.3, -0.25) is 4.79 Å². The van der Waals surface area contributed by atoms with Gasteiger partial charge in [-0.25, -0.2) is 0 Å². The minimum absolute atomic E-state index is 0.121. The predicted octanol–water partition coefficient (Wildman–Crippen LogP) is 3.14. The van der Waals surface area contributed by atoms with Gasteiger partial charge < -0.3 is 5.32 Å². The van der Waals surface area contributed by atoms with E-state index in [0.29, 0.717) is 0 Å². The lowest BCUT2D eigenvalue weighted by molar-refractivity contribution is 0.103. The Labute approximate surface area is 113 Å². The van der Waals surface area contributed by atoms with Crippen molar-refractivity contribution < 1.29 is 4.79 Å². The van der Waals surface area contributed by atoms with Crippen molar-refractivity contribution in [1.82, 2.24) is 5.32 Å².